The largest absolute Gasteiger partial charge is 0.330 e. The Balaban J connectivity index is 2.34. The molecule has 2 heterocycles. The van der Waals surface area contributed by atoms with E-state index in [4.69, 9.17) is 5.73 Å². The van der Waals surface area contributed by atoms with E-state index >= 15 is 0 Å². The molecule has 0 aliphatic carbocycles. The van der Waals surface area contributed by atoms with Crippen molar-refractivity contribution in [2.75, 3.05) is 12.3 Å². The van der Waals surface area contributed by atoms with Crippen LogP contribution in [-0.4, -0.2) is 26.9 Å². The Morgan fingerprint density at radius 1 is 1.57 bits per heavy atom. The first-order valence-electron chi connectivity index (χ1n) is 4.14. The van der Waals surface area contributed by atoms with Crippen LogP contribution in [0.1, 0.15) is 0 Å². The first-order valence-corrected chi connectivity index (χ1v) is 5.92. The molecule has 0 spiro atoms. The molecule has 0 radical (unpaired) electrons. The molecule has 0 atom stereocenters. The van der Waals surface area contributed by atoms with Gasteiger partial charge >= 0.3 is 0 Å². The lowest BCUT2D eigenvalue weighted by Crippen LogP contribution is -2.01. The van der Waals surface area contributed by atoms with Crippen LogP contribution in [0.5, 0.6) is 0 Å². The lowest BCUT2D eigenvalue weighted by molar-refractivity contribution is 0.914. The first-order chi connectivity index (χ1) is 6.81. The normalized spacial score (nSPS) is 11.0. The van der Waals surface area contributed by atoms with E-state index in [2.05, 4.69) is 26.0 Å². The summed E-state index contributed by atoms with van der Waals surface area (Å²) < 4.78 is 2.64. The molecule has 6 heteroatoms. The van der Waals surface area contributed by atoms with Crippen molar-refractivity contribution in [2.45, 2.75) is 5.03 Å². The fourth-order valence-corrected chi connectivity index (χ4v) is 2.07. The molecule has 2 N–H and O–H groups in total. The molecular formula is C8H9BrN4S. The Labute approximate surface area is 94.0 Å². The van der Waals surface area contributed by atoms with Crippen molar-refractivity contribution < 1.29 is 0 Å². The Hall–Kier alpha value is -0.590. The van der Waals surface area contributed by atoms with E-state index in [0.717, 1.165) is 20.9 Å². The van der Waals surface area contributed by atoms with Crippen LogP contribution in [0.2, 0.25) is 0 Å². The third-order valence-corrected chi connectivity index (χ3v) is 3.19. The highest BCUT2D eigenvalue weighted by molar-refractivity contribution is 9.10. The molecule has 0 bridgehead atoms. The number of fused-ring (bicyclic) bond motifs is 1. The van der Waals surface area contributed by atoms with Gasteiger partial charge in [-0.05, 0) is 22.0 Å². The van der Waals surface area contributed by atoms with Gasteiger partial charge in [-0.1, -0.05) is 0 Å². The van der Waals surface area contributed by atoms with Gasteiger partial charge in [-0.25, -0.2) is 9.50 Å². The second kappa shape index (κ2) is 4.29. The minimum atomic E-state index is 0.665. The van der Waals surface area contributed by atoms with Gasteiger partial charge in [-0.3, -0.25) is 0 Å². The van der Waals surface area contributed by atoms with Gasteiger partial charge in [0, 0.05) is 18.5 Å². The Morgan fingerprint density at radius 2 is 2.43 bits per heavy atom. The molecule has 4 nitrogen and oxygen atoms in total. The van der Waals surface area contributed by atoms with Crippen LogP contribution in [0.15, 0.2) is 28.0 Å². The van der Waals surface area contributed by atoms with Crippen molar-refractivity contribution in [1.82, 2.24) is 14.6 Å². The van der Waals surface area contributed by atoms with E-state index in [0.29, 0.717) is 6.54 Å². The summed E-state index contributed by atoms with van der Waals surface area (Å²) in [5, 5.41) is 5.09. The fourth-order valence-electron chi connectivity index (χ4n) is 1.07. The van der Waals surface area contributed by atoms with Gasteiger partial charge < -0.3 is 5.73 Å². The van der Waals surface area contributed by atoms with Crippen LogP contribution >= 0.6 is 27.7 Å². The van der Waals surface area contributed by atoms with Crippen molar-refractivity contribution in [3.8, 4) is 0 Å². The van der Waals surface area contributed by atoms with Crippen molar-refractivity contribution >= 4 is 33.3 Å². The lowest BCUT2D eigenvalue weighted by atomic mass is 10.6. The average Bonchev–Trinajstić information content (AvgIpc) is 2.57. The molecule has 0 aromatic carbocycles. The number of nitrogens with two attached hydrogens (primary N) is 1. The summed E-state index contributed by atoms with van der Waals surface area (Å²) in [6.45, 7) is 0.665. The Morgan fingerprint density at radius 3 is 3.21 bits per heavy atom. The fraction of sp³-hybridized carbons (Fsp3) is 0.250. The maximum absolute atomic E-state index is 5.42. The van der Waals surface area contributed by atoms with Crippen LogP contribution in [-0.2, 0) is 0 Å². The van der Waals surface area contributed by atoms with Crippen LogP contribution in [0.4, 0.5) is 0 Å². The van der Waals surface area contributed by atoms with Gasteiger partial charge in [0.15, 0.2) is 5.65 Å². The molecule has 0 fully saturated rings. The van der Waals surface area contributed by atoms with E-state index in [1.807, 2.05) is 12.3 Å². The van der Waals surface area contributed by atoms with Gasteiger partial charge in [0.25, 0.3) is 0 Å². The molecule has 74 valence electrons. The maximum atomic E-state index is 5.42. The summed E-state index contributed by atoms with van der Waals surface area (Å²) in [6, 6.07) is 1.94. The third kappa shape index (κ3) is 1.92. The van der Waals surface area contributed by atoms with Crippen molar-refractivity contribution in [3.05, 3.63) is 22.9 Å². The smallest absolute Gasteiger partial charge is 0.170 e. The summed E-state index contributed by atoms with van der Waals surface area (Å²) in [6.07, 6.45) is 3.63. The van der Waals surface area contributed by atoms with E-state index < -0.39 is 0 Å². The number of hydrogen-bond donors (Lipinski definition) is 1. The zero-order chi connectivity index (χ0) is 9.97. The molecule has 2 aromatic heterocycles. The summed E-state index contributed by atoms with van der Waals surface area (Å²) >= 11 is 5.04. The topological polar surface area (TPSA) is 56.2 Å². The molecular weight excluding hydrogens is 264 g/mol. The highest BCUT2D eigenvalue weighted by atomic mass is 79.9. The van der Waals surface area contributed by atoms with Crippen LogP contribution < -0.4 is 5.73 Å². The van der Waals surface area contributed by atoms with Crippen molar-refractivity contribution in [1.29, 1.82) is 0 Å². The quantitative estimate of drug-likeness (QED) is 0.681. The molecule has 0 amide bonds. The number of rotatable bonds is 3. The molecule has 0 saturated carbocycles. The summed E-state index contributed by atoms with van der Waals surface area (Å²) in [4.78, 5) is 4.43. The number of hydrogen-bond acceptors (Lipinski definition) is 4. The van der Waals surface area contributed by atoms with E-state index in [-0.39, 0.29) is 0 Å². The summed E-state index contributed by atoms with van der Waals surface area (Å²) in [5.74, 6) is 0.884. The van der Waals surface area contributed by atoms with Crippen LogP contribution in [0, 0.1) is 0 Å². The first kappa shape index (κ1) is 9.95. The molecule has 2 rings (SSSR count). The summed E-state index contributed by atoms with van der Waals surface area (Å²) in [7, 11) is 0. The van der Waals surface area contributed by atoms with Crippen LogP contribution in [0.25, 0.3) is 5.65 Å². The highest BCUT2D eigenvalue weighted by Crippen LogP contribution is 2.19. The monoisotopic (exact) mass is 272 g/mol. The zero-order valence-electron chi connectivity index (χ0n) is 7.35. The van der Waals surface area contributed by atoms with Gasteiger partial charge in [-0.15, -0.1) is 11.8 Å². The second-order valence-corrected chi connectivity index (χ2v) is 4.63. The second-order valence-electron chi connectivity index (χ2n) is 2.66. The lowest BCUT2D eigenvalue weighted by Gasteiger charge is -1.99. The molecule has 0 aliphatic rings. The standard InChI is InChI=1S/C8H9BrN4S/c9-6-5-11-13-3-1-7(12-8(6)13)14-4-2-10/h1,3,5H,2,4,10H2. The van der Waals surface area contributed by atoms with E-state index in [1.165, 1.54) is 0 Å². The maximum Gasteiger partial charge on any atom is 0.170 e. The van der Waals surface area contributed by atoms with E-state index in [9.17, 15) is 0 Å². The van der Waals surface area contributed by atoms with Gasteiger partial charge in [0.05, 0.1) is 10.7 Å². The number of aromatic nitrogens is 3. The SMILES string of the molecule is NCCSc1ccn2ncc(Br)c2n1. The molecule has 0 aliphatic heterocycles. The number of halogens is 1. The number of thioether (sulfide) groups is 1. The Bertz CT molecular complexity index is 442. The molecule has 14 heavy (non-hydrogen) atoms. The zero-order valence-corrected chi connectivity index (χ0v) is 9.75. The molecule has 0 unspecified atom stereocenters. The summed E-state index contributed by atoms with van der Waals surface area (Å²) in [5.41, 5.74) is 6.26. The van der Waals surface area contributed by atoms with Gasteiger partial charge in [0.1, 0.15) is 5.03 Å². The molecule has 2 aromatic rings. The minimum absolute atomic E-state index is 0.665. The Kier molecular flexibility index (Phi) is 3.05. The van der Waals surface area contributed by atoms with Crippen molar-refractivity contribution in [2.24, 2.45) is 5.73 Å². The minimum Gasteiger partial charge on any atom is -0.330 e. The van der Waals surface area contributed by atoms with Gasteiger partial charge in [-0.2, -0.15) is 5.10 Å². The van der Waals surface area contributed by atoms with Crippen molar-refractivity contribution in [3.63, 3.8) is 0 Å². The predicted octanol–water partition coefficient (Wildman–Crippen LogP) is 1.54. The molecule has 0 saturated heterocycles. The predicted molar refractivity (Wildman–Crippen MR) is 60.5 cm³/mol. The van der Waals surface area contributed by atoms with Gasteiger partial charge in [0.2, 0.25) is 0 Å². The number of nitrogens with zero attached hydrogens (tertiary/aromatic N) is 3. The highest BCUT2D eigenvalue weighted by Gasteiger charge is 2.03. The van der Waals surface area contributed by atoms with E-state index in [1.54, 1.807) is 22.5 Å². The van der Waals surface area contributed by atoms with Crippen LogP contribution in [0.3, 0.4) is 0 Å². The third-order valence-electron chi connectivity index (χ3n) is 1.67. The average molecular weight is 273 g/mol.